The molecule has 20 heavy (non-hydrogen) atoms. The molecule has 104 valence electrons. The highest BCUT2D eigenvalue weighted by molar-refractivity contribution is 5.62. The van der Waals surface area contributed by atoms with Gasteiger partial charge in [-0.15, -0.1) is 0 Å². The molecule has 0 spiro atoms. The average molecular weight is 268 g/mol. The van der Waals surface area contributed by atoms with Crippen molar-refractivity contribution in [3.63, 3.8) is 0 Å². The summed E-state index contributed by atoms with van der Waals surface area (Å²) in [6.07, 6.45) is 3.76. The van der Waals surface area contributed by atoms with Crippen molar-refractivity contribution in [1.82, 2.24) is 15.3 Å². The van der Waals surface area contributed by atoms with Gasteiger partial charge in [0.15, 0.2) is 0 Å². The topological polar surface area (TPSA) is 49.8 Å². The van der Waals surface area contributed by atoms with E-state index in [0.29, 0.717) is 17.9 Å². The molecule has 0 bridgehead atoms. The Bertz CT molecular complexity index is 556. The van der Waals surface area contributed by atoms with Crippen LogP contribution in [-0.2, 0) is 0 Å². The zero-order valence-electron chi connectivity index (χ0n) is 11.9. The van der Waals surface area contributed by atoms with Gasteiger partial charge in [-0.05, 0) is 17.0 Å². The van der Waals surface area contributed by atoms with E-state index in [2.05, 4.69) is 58.7 Å². The van der Waals surface area contributed by atoms with Gasteiger partial charge in [-0.25, -0.2) is 9.97 Å². The van der Waals surface area contributed by atoms with Crippen molar-refractivity contribution in [2.24, 2.45) is 0 Å². The van der Waals surface area contributed by atoms with Gasteiger partial charge in [-0.1, -0.05) is 38.1 Å². The van der Waals surface area contributed by atoms with Crippen LogP contribution in [0, 0.1) is 0 Å². The highest BCUT2D eigenvalue weighted by Crippen LogP contribution is 2.22. The molecule has 1 saturated heterocycles. The van der Waals surface area contributed by atoms with Crippen molar-refractivity contribution in [1.29, 1.82) is 0 Å². The van der Waals surface area contributed by atoms with Gasteiger partial charge in [0.1, 0.15) is 0 Å². The first-order valence-corrected chi connectivity index (χ1v) is 7.12. The summed E-state index contributed by atoms with van der Waals surface area (Å²) in [5, 5.41) is 6.51. The lowest BCUT2D eigenvalue weighted by atomic mass is 10.00. The van der Waals surface area contributed by atoms with Crippen LogP contribution >= 0.6 is 0 Å². The fraction of sp³-hybridized carbons (Fsp3) is 0.375. The molecule has 2 N–H and O–H groups in total. The number of anilines is 1. The quantitative estimate of drug-likeness (QED) is 0.895. The molecule has 4 heteroatoms. The molecule has 2 heterocycles. The van der Waals surface area contributed by atoms with Gasteiger partial charge in [0.2, 0.25) is 5.95 Å². The Morgan fingerprint density at radius 3 is 2.20 bits per heavy atom. The third-order valence-corrected chi connectivity index (χ3v) is 3.68. The standard InChI is InChI=1S/C16H20N4/c1-11(2)12-3-5-13(6-4-12)14-7-18-16(19-8-14)20-15-9-17-10-15/h3-8,11,15,17H,9-10H2,1-2H3,(H,18,19,20). The van der Waals surface area contributed by atoms with E-state index in [4.69, 9.17) is 0 Å². The summed E-state index contributed by atoms with van der Waals surface area (Å²) in [4.78, 5) is 8.77. The third kappa shape index (κ3) is 2.80. The van der Waals surface area contributed by atoms with Crippen molar-refractivity contribution in [3.8, 4) is 11.1 Å². The Labute approximate surface area is 119 Å². The molecule has 2 aromatic rings. The molecule has 1 aromatic heterocycles. The lowest BCUT2D eigenvalue weighted by molar-refractivity contribution is 0.470. The minimum absolute atomic E-state index is 0.464. The second-order valence-electron chi connectivity index (χ2n) is 5.57. The highest BCUT2D eigenvalue weighted by Gasteiger charge is 2.16. The Hall–Kier alpha value is -1.94. The van der Waals surface area contributed by atoms with Gasteiger partial charge in [0.05, 0.1) is 6.04 Å². The van der Waals surface area contributed by atoms with Crippen molar-refractivity contribution in [2.45, 2.75) is 25.8 Å². The van der Waals surface area contributed by atoms with E-state index in [1.54, 1.807) is 0 Å². The number of benzene rings is 1. The lowest BCUT2D eigenvalue weighted by Crippen LogP contribution is -2.51. The van der Waals surface area contributed by atoms with Crippen molar-refractivity contribution < 1.29 is 0 Å². The van der Waals surface area contributed by atoms with Crippen LogP contribution in [0.1, 0.15) is 25.3 Å². The predicted octanol–water partition coefficient (Wildman–Crippen LogP) is 2.65. The molecule has 0 radical (unpaired) electrons. The molecule has 0 unspecified atom stereocenters. The van der Waals surface area contributed by atoms with Gasteiger partial charge in [-0.3, -0.25) is 0 Å². The summed E-state index contributed by atoms with van der Waals surface area (Å²) < 4.78 is 0. The van der Waals surface area contributed by atoms with Crippen molar-refractivity contribution in [2.75, 3.05) is 18.4 Å². The minimum Gasteiger partial charge on any atom is -0.349 e. The number of aromatic nitrogens is 2. The van der Waals surface area contributed by atoms with Crippen LogP contribution < -0.4 is 10.6 Å². The Morgan fingerprint density at radius 2 is 1.70 bits per heavy atom. The molecular formula is C16H20N4. The first-order chi connectivity index (χ1) is 9.72. The second kappa shape index (κ2) is 5.59. The fourth-order valence-corrected chi connectivity index (χ4v) is 2.19. The van der Waals surface area contributed by atoms with E-state index in [-0.39, 0.29) is 0 Å². The molecule has 1 aromatic carbocycles. The molecule has 1 aliphatic rings. The van der Waals surface area contributed by atoms with E-state index in [9.17, 15) is 0 Å². The maximum atomic E-state index is 4.38. The van der Waals surface area contributed by atoms with E-state index in [0.717, 1.165) is 24.2 Å². The summed E-state index contributed by atoms with van der Waals surface area (Å²) >= 11 is 0. The average Bonchev–Trinajstić information content (AvgIpc) is 2.44. The Kier molecular flexibility index (Phi) is 3.65. The number of hydrogen-bond donors (Lipinski definition) is 2. The van der Waals surface area contributed by atoms with Gasteiger partial charge in [0, 0.05) is 31.0 Å². The zero-order chi connectivity index (χ0) is 13.9. The van der Waals surface area contributed by atoms with E-state index >= 15 is 0 Å². The van der Waals surface area contributed by atoms with Gasteiger partial charge >= 0.3 is 0 Å². The normalized spacial score (nSPS) is 15.2. The molecule has 0 saturated carbocycles. The van der Waals surface area contributed by atoms with Gasteiger partial charge < -0.3 is 10.6 Å². The van der Waals surface area contributed by atoms with Crippen LogP contribution in [0.2, 0.25) is 0 Å². The van der Waals surface area contributed by atoms with Crippen molar-refractivity contribution in [3.05, 3.63) is 42.2 Å². The van der Waals surface area contributed by atoms with Gasteiger partial charge in [0.25, 0.3) is 0 Å². The number of nitrogens with zero attached hydrogens (tertiary/aromatic N) is 2. The van der Waals surface area contributed by atoms with E-state index in [1.807, 2.05) is 12.4 Å². The molecule has 1 fully saturated rings. The second-order valence-corrected chi connectivity index (χ2v) is 5.57. The van der Waals surface area contributed by atoms with E-state index in [1.165, 1.54) is 5.56 Å². The van der Waals surface area contributed by atoms with Crippen LogP contribution in [0.15, 0.2) is 36.7 Å². The monoisotopic (exact) mass is 268 g/mol. The molecule has 3 rings (SSSR count). The molecule has 4 nitrogen and oxygen atoms in total. The zero-order valence-corrected chi connectivity index (χ0v) is 11.9. The first-order valence-electron chi connectivity index (χ1n) is 7.12. The molecule has 0 amide bonds. The number of rotatable bonds is 4. The molecule has 0 aliphatic carbocycles. The minimum atomic E-state index is 0.464. The van der Waals surface area contributed by atoms with Gasteiger partial charge in [-0.2, -0.15) is 0 Å². The van der Waals surface area contributed by atoms with Crippen LogP contribution in [0.25, 0.3) is 11.1 Å². The molecular weight excluding hydrogens is 248 g/mol. The number of nitrogens with one attached hydrogen (secondary N) is 2. The maximum Gasteiger partial charge on any atom is 0.222 e. The summed E-state index contributed by atoms with van der Waals surface area (Å²) in [6.45, 7) is 6.38. The third-order valence-electron chi connectivity index (χ3n) is 3.68. The highest BCUT2D eigenvalue weighted by atomic mass is 15.2. The van der Waals surface area contributed by atoms with Crippen LogP contribution in [-0.4, -0.2) is 29.1 Å². The van der Waals surface area contributed by atoms with Crippen LogP contribution in [0.4, 0.5) is 5.95 Å². The van der Waals surface area contributed by atoms with E-state index < -0.39 is 0 Å². The van der Waals surface area contributed by atoms with Crippen molar-refractivity contribution >= 4 is 5.95 Å². The first kappa shape index (κ1) is 13.1. The molecule has 1 aliphatic heterocycles. The largest absolute Gasteiger partial charge is 0.349 e. The Morgan fingerprint density at radius 1 is 1.05 bits per heavy atom. The molecule has 0 atom stereocenters. The SMILES string of the molecule is CC(C)c1ccc(-c2cnc(NC3CNC3)nc2)cc1. The summed E-state index contributed by atoms with van der Waals surface area (Å²) in [6, 6.07) is 9.08. The predicted molar refractivity (Wildman–Crippen MR) is 81.8 cm³/mol. The van der Waals surface area contributed by atoms with Crippen LogP contribution in [0.5, 0.6) is 0 Å². The fourth-order valence-electron chi connectivity index (χ4n) is 2.19. The maximum absolute atomic E-state index is 4.38. The summed E-state index contributed by atoms with van der Waals surface area (Å²) in [7, 11) is 0. The Balaban J connectivity index is 1.72. The number of hydrogen-bond acceptors (Lipinski definition) is 4. The summed E-state index contributed by atoms with van der Waals surface area (Å²) in [5.74, 6) is 1.27. The smallest absolute Gasteiger partial charge is 0.222 e. The van der Waals surface area contributed by atoms with Crippen LogP contribution in [0.3, 0.4) is 0 Å². The summed E-state index contributed by atoms with van der Waals surface area (Å²) in [5.41, 5.74) is 3.56. The lowest BCUT2D eigenvalue weighted by Gasteiger charge is -2.27.